The molecule has 1 aliphatic rings. The molecule has 0 unspecified atom stereocenters. The van der Waals surface area contributed by atoms with Gasteiger partial charge in [0.05, 0.1) is 6.04 Å². The van der Waals surface area contributed by atoms with Gasteiger partial charge in [0.15, 0.2) is 0 Å². The van der Waals surface area contributed by atoms with E-state index in [2.05, 4.69) is 6.58 Å². The van der Waals surface area contributed by atoms with Crippen molar-refractivity contribution in [1.82, 2.24) is 9.91 Å². The van der Waals surface area contributed by atoms with Gasteiger partial charge in [-0.25, -0.2) is 10.9 Å². The number of halogens is 2. The van der Waals surface area contributed by atoms with Crippen molar-refractivity contribution in [2.24, 2.45) is 11.8 Å². The third kappa shape index (κ3) is 5.35. The molecule has 1 heterocycles. The number of hydrogen-bond acceptors (Lipinski definition) is 4. The molecule has 1 aliphatic heterocycles. The monoisotopic (exact) mass is 501 g/mol. The lowest BCUT2D eigenvalue weighted by Crippen LogP contribution is -2.58. The van der Waals surface area contributed by atoms with Crippen molar-refractivity contribution >= 4 is 40.9 Å². The summed E-state index contributed by atoms with van der Waals surface area (Å²) in [6.07, 6.45) is 3.02. The van der Waals surface area contributed by atoms with E-state index >= 15 is 0 Å². The number of benzene rings is 2. The van der Waals surface area contributed by atoms with E-state index in [1.165, 1.54) is 6.92 Å². The lowest BCUT2D eigenvalue weighted by Gasteiger charge is -2.48. The smallest absolute Gasteiger partial charge is 0.266 e. The van der Waals surface area contributed by atoms with E-state index in [0.717, 1.165) is 11.1 Å². The van der Waals surface area contributed by atoms with Crippen LogP contribution in [0, 0.1) is 5.92 Å². The van der Waals surface area contributed by atoms with Gasteiger partial charge in [-0.2, -0.15) is 0 Å². The first kappa shape index (κ1) is 25.9. The van der Waals surface area contributed by atoms with E-state index in [0.29, 0.717) is 34.3 Å². The summed E-state index contributed by atoms with van der Waals surface area (Å²) in [5.74, 6) is 3.88. The Hall–Kier alpha value is -2.67. The first-order chi connectivity index (χ1) is 16.2. The quantitative estimate of drug-likeness (QED) is 0.242. The first-order valence-electron chi connectivity index (χ1n) is 11.2. The molecule has 0 spiro atoms. The maximum atomic E-state index is 13.8. The fraction of sp³-hybridized carbons (Fsp3) is 0.346. The zero-order valence-electron chi connectivity index (χ0n) is 19.3. The van der Waals surface area contributed by atoms with Gasteiger partial charge in [0.1, 0.15) is 6.04 Å². The Morgan fingerprint density at radius 1 is 1.18 bits per heavy atom. The number of amides is 3. The number of imide groups is 1. The SMILES string of the molecule is C=CC[C@H]1C[C@H](c2cccc(Cl)c2)[C@@H](c2ccc(Cl)cc2)N([C@@H](CC)C(=O)N(N)C(C)=O)C1=O. The highest BCUT2D eigenvalue weighted by Crippen LogP contribution is 2.47. The molecular formula is C26H29Cl2N3O3. The van der Waals surface area contributed by atoms with Crippen LogP contribution < -0.4 is 5.84 Å². The Kier molecular flexibility index (Phi) is 8.52. The molecule has 6 nitrogen and oxygen atoms in total. The number of carbonyl (C=O) groups excluding carboxylic acids is 3. The Morgan fingerprint density at radius 2 is 1.85 bits per heavy atom. The van der Waals surface area contributed by atoms with Gasteiger partial charge in [-0.1, -0.05) is 60.5 Å². The van der Waals surface area contributed by atoms with E-state index in [1.54, 1.807) is 36.1 Å². The van der Waals surface area contributed by atoms with E-state index in [1.807, 2.05) is 30.3 Å². The summed E-state index contributed by atoms with van der Waals surface area (Å²) >= 11 is 12.5. The molecule has 1 fully saturated rings. The van der Waals surface area contributed by atoms with Crippen LogP contribution in [0.2, 0.25) is 10.0 Å². The maximum Gasteiger partial charge on any atom is 0.266 e. The molecule has 0 bridgehead atoms. The number of likely N-dealkylation sites (tertiary alicyclic amines) is 1. The second kappa shape index (κ2) is 11.2. The maximum absolute atomic E-state index is 13.8. The number of nitrogens with zero attached hydrogens (tertiary/aromatic N) is 2. The lowest BCUT2D eigenvalue weighted by molar-refractivity contribution is -0.159. The van der Waals surface area contributed by atoms with Crippen molar-refractivity contribution in [3.05, 3.63) is 82.4 Å². The summed E-state index contributed by atoms with van der Waals surface area (Å²) in [6, 6.07) is 13.4. The van der Waals surface area contributed by atoms with Gasteiger partial charge in [-0.05, 0) is 54.7 Å². The highest BCUT2D eigenvalue weighted by atomic mass is 35.5. The van der Waals surface area contributed by atoms with Crippen molar-refractivity contribution in [2.75, 3.05) is 0 Å². The minimum absolute atomic E-state index is 0.159. The van der Waals surface area contributed by atoms with Crippen LogP contribution in [0.5, 0.6) is 0 Å². The molecule has 3 amide bonds. The summed E-state index contributed by atoms with van der Waals surface area (Å²) in [6.45, 7) is 6.83. The van der Waals surface area contributed by atoms with Crippen LogP contribution in [-0.2, 0) is 14.4 Å². The van der Waals surface area contributed by atoms with Gasteiger partial charge >= 0.3 is 0 Å². The van der Waals surface area contributed by atoms with E-state index < -0.39 is 23.9 Å². The molecule has 2 aromatic carbocycles. The van der Waals surface area contributed by atoms with Crippen LogP contribution in [0.25, 0.3) is 0 Å². The van der Waals surface area contributed by atoms with Gasteiger partial charge in [-0.15, -0.1) is 6.58 Å². The predicted molar refractivity (Wildman–Crippen MR) is 134 cm³/mol. The van der Waals surface area contributed by atoms with Crippen LogP contribution in [0.15, 0.2) is 61.2 Å². The van der Waals surface area contributed by atoms with Gasteiger partial charge in [0, 0.05) is 28.8 Å². The number of carbonyl (C=O) groups is 3. The molecule has 0 aliphatic carbocycles. The van der Waals surface area contributed by atoms with Gasteiger partial charge in [0.25, 0.3) is 5.91 Å². The lowest BCUT2D eigenvalue weighted by atomic mass is 9.74. The van der Waals surface area contributed by atoms with Crippen LogP contribution >= 0.6 is 23.2 Å². The Morgan fingerprint density at radius 3 is 2.41 bits per heavy atom. The van der Waals surface area contributed by atoms with Crippen molar-refractivity contribution < 1.29 is 14.4 Å². The van der Waals surface area contributed by atoms with Crippen molar-refractivity contribution in [3.8, 4) is 0 Å². The van der Waals surface area contributed by atoms with Gasteiger partial charge in [0.2, 0.25) is 11.8 Å². The highest BCUT2D eigenvalue weighted by molar-refractivity contribution is 6.30. The molecule has 8 heteroatoms. The number of piperidine rings is 1. The normalized spacial score (nSPS) is 21.1. The van der Waals surface area contributed by atoms with Crippen molar-refractivity contribution in [1.29, 1.82) is 0 Å². The fourth-order valence-corrected chi connectivity index (χ4v) is 5.06. The molecule has 3 rings (SSSR count). The molecule has 180 valence electrons. The van der Waals surface area contributed by atoms with Gasteiger partial charge < -0.3 is 4.90 Å². The Bertz CT molecular complexity index is 1070. The molecule has 2 aromatic rings. The molecule has 0 radical (unpaired) electrons. The minimum atomic E-state index is -0.920. The highest BCUT2D eigenvalue weighted by Gasteiger charge is 2.47. The van der Waals surface area contributed by atoms with Crippen molar-refractivity contribution in [3.63, 3.8) is 0 Å². The van der Waals surface area contributed by atoms with E-state index in [4.69, 9.17) is 29.0 Å². The predicted octanol–water partition coefficient (Wildman–Crippen LogP) is 5.27. The third-order valence-electron chi connectivity index (χ3n) is 6.35. The summed E-state index contributed by atoms with van der Waals surface area (Å²) in [5.41, 5.74) is 1.79. The van der Waals surface area contributed by atoms with Gasteiger partial charge in [-0.3, -0.25) is 14.4 Å². The summed E-state index contributed by atoms with van der Waals surface area (Å²) in [5, 5.41) is 1.74. The molecule has 2 N–H and O–H groups in total. The largest absolute Gasteiger partial charge is 0.323 e. The number of hydrazine groups is 1. The second-order valence-corrected chi connectivity index (χ2v) is 9.38. The second-order valence-electron chi connectivity index (χ2n) is 8.51. The minimum Gasteiger partial charge on any atom is -0.323 e. The summed E-state index contributed by atoms with van der Waals surface area (Å²) in [7, 11) is 0. The van der Waals surface area contributed by atoms with Crippen LogP contribution in [0.1, 0.15) is 56.2 Å². The molecule has 34 heavy (non-hydrogen) atoms. The average molecular weight is 502 g/mol. The molecule has 0 aromatic heterocycles. The number of nitrogens with two attached hydrogens (primary N) is 1. The number of hydrogen-bond donors (Lipinski definition) is 1. The summed E-state index contributed by atoms with van der Waals surface area (Å²) < 4.78 is 0. The Labute approximate surface area is 210 Å². The zero-order valence-corrected chi connectivity index (χ0v) is 20.8. The molecular weight excluding hydrogens is 473 g/mol. The standard InChI is InChI=1S/C26H29Cl2N3O3/c1-4-7-19-15-22(18-8-6-9-21(28)14-18)24(17-10-12-20(27)13-11-17)30(25(19)33)23(5-2)26(34)31(29)16(3)32/h4,6,8-14,19,22-24H,1,5,7,15,29H2,2-3H3/t19-,22+,23-,24+/m0/s1. The average Bonchev–Trinajstić information content (AvgIpc) is 2.81. The third-order valence-corrected chi connectivity index (χ3v) is 6.83. The first-order valence-corrected chi connectivity index (χ1v) is 12.0. The van der Waals surface area contributed by atoms with Crippen LogP contribution in [0.3, 0.4) is 0 Å². The zero-order chi connectivity index (χ0) is 25.0. The summed E-state index contributed by atoms with van der Waals surface area (Å²) in [4.78, 5) is 40.6. The van der Waals surface area contributed by atoms with E-state index in [9.17, 15) is 14.4 Å². The number of allylic oxidation sites excluding steroid dienone is 1. The van der Waals surface area contributed by atoms with E-state index in [-0.39, 0.29) is 17.7 Å². The van der Waals surface area contributed by atoms with Crippen molar-refractivity contribution in [2.45, 2.75) is 51.1 Å². The number of rotatable bonds is 7. The Balaban J connectivity index is 2.21. The topological polar surface area (TPSA) is 83.7 Å². The molecule has 0 saturated carbocycles. The van der Waals surface area contributed by atoms with Crippen LogP contribution in [0.4, 0.5) is 0 Å². The molecule has 1 saturated heterocycles. The molecule has 4 atom stereocenters. The fourth-order valence-electron chi connectivity index (χ4n) is 4.74. The van der Waals surface area contributed by atoms with Crippen LogP contribution in [-0.4, -0.2) is 33.7 Å².